The third kappa shape index (κ3) is 2.88. The van der Waals surface area contributed by atoms with Gasteiger partial charge in [-0.15, -0.1) is 0 Å². The molecule has 1 fully saturated rings. The van der Waals surface area contributed by atoms with Crippen molar-refractivity contribution in [2.45, 2.75) is 19.1 Å². The number of β-amino-alcohol motifs (C(OH)–C–C–N with tert-alkyl or cyclic N) is 1. The minimum absolute atomic E-state index is 0.121. The van der Waals surface area contributed by atoms with Gasteiger partial charge in [0.2, 0.25) is 0 Å². The zero-order valence-corrected chi connectivity index (χ0v) is 13.1. The minimum Gasteiger partial charge on any atom is -0.387 e. The Labute approximate surface area is 138 Å². The third-order valence-corrected chi connectivity index (χ3v) is 4.09. The fourth-order valence-electron chi connectivity index (χ4n) is 2.78. The van der Waals surface area contributed by atoms with Crippen LogP contribution in [0.15, 0.2) is 54.6 Å². The lowest BCUT2D eigenvalue weighted by Crippen LogP contribution is -2.36. The average Bonchev–Trinajstić information content (AvgIpc) is 2.80. The molecule has 0 unspecified atom stereocenters. The first kappa shape index (κ1) is 16.1. The van der Waals surface area contributed by atoms with Crippen LogP contribution in [0.2, 0.25) is 0 Å². The Morgan fingerprint density at radius 3 is 2.33 bits per heavy atom. The highest BCUT2D eigenvalue weighted by Gasteiger charge is 2.43. The normalized spacial score (nSPS) is 19.0. The number of anilines is 1. The van der Waals surface area contributed by atoms with Gasteiger partial charge in [0.05, 0.1) is 12.6 Å². The lowest BCUT2D eigenvalue weighted by atomic mass is 10.1. The number of hydrogen-bond acceptors (Lipinski definition) is 3. The lowest BCUT2D eigenvalue weighted by Gasteiger charge is -2.20. The van der Waals surface area contributed by atoms with Crippen molar-refractivity contribution in [2.24, 2.45) is 0 Å². The van der Waals surface area contributed by atoms with Gasteiger partial charge in [-0.05, 0) is 36.8 Å². The second-order valence-electron chi connectivity index (χ2n) is 5.68. The van der Waals surface area contributed by atoms with Gasteiger partial charge in [0.25, 0.3) is 5.91 Å². The fourth-order valence-corrected chi connectivity index (χ4v) is 2.78. The van der Waals surface area contributed by atoms with Gasteiger partial charge < -0.3 is 5.11 Å². The van der Waals surface area contributed by atoms with Crippen LogP contribution in [0.5, 0.6) is 0 Å². The van der Waals surface area contributed by atoms with Crippen molar-refractivity contribution in [1.82, 2.24) is 4.90 Å². The van der Waals surface area contributed by atoms with E-state index >= 15 is 0 Å². The number of hydrogen-bond donors (Lipinski definition) is 1. The number of aliphatic hydroxyl groups is 1. The first-order valence-corrected chi connectivity index (χ1v) is 7.62. The van der Waals surface area contributed by atoms with Crippen LogP contribution in [-0.2, 0) is 4.79 Å². The molecule has 2 aromatic carbocycles. The van der Waals surface area contributed by atoms with Crippen LogP contribution >= 0.6 is 0 Å². The molecular formula is C18H17FN2O3. The summed E-state index contributed by atoms with van der Waals surface area (Å²) in [6.45, 7) is 1.49. The van der Waals surface area contributed by atoms with Gasteiger partial charge >= 0.3 is 6.03 Å². The van der Waals surface area contributed by atoms with E-state index in [9.17, 15) is 19.1 Å². The van der Waals surface area contributed by atoms with Gasteiger partial charge in [0.1, 0.15) is 11.9 Å². The maximum Gasteiger partial charge on any atom is 0.332 e. The topological polar surface area (TPSA) is 60.9 Å². The van der Waals surface area contributed by atoms with E-state index in [-0.39, 0.29) is 12.5 Å². The van der Waals surface area contributed by atoms with E-state index in [0.717, 1.165) is 4.90 Å². The van der Waals surface area contributed by atoms with Crippen LogP contribution in [0.1, 0.15) is 18.6 Å². The molecule has 1 N–H and O–H groups in total. The molecule has 5 nitrogen and oxygen atoms in total. The van der Waals surface area contributed by atoms with Gasteiger partial charge in [-0.3, -0.25) is 14.6 Å². The molecule has 24 heavy (non-hydrogen) atoms. The zero-order valence-electron chi connectivity index (χ0n) is 13.1. The van der Waals surface area contributed by atoms with Crippen molar-refractivity contribution in [1.29, 1.82) is 0 Å². The number of amides is 3. The van der Waals surface area contributed by atoms with Crippen molar-refractivity contribution < 1.29 is 19.1 Å². The molecule has 1 saturated heterocycles. The van der Waals surface area contributed by atoms with Crippen molar-refractivity contribution in [3.05, 3.63) is 66.0 Å². The maximum absolute atomic E-state index is 13.1. The summed E-state index contributed by atoms with van der Waals surface area (Å²) in [7, 11) is 0. The molecule has 3 amide bonds. The van der Waals surface area contributed by atoms with Gasteiger partial charge in [0.15, 0.2) is 0 Å². The van der Waals surface area contributed by atoms with Gasteiger partial charge in [-0.1, -0.05) is 30.3 Å². The molecule has 1 heterocycles. The maximum atomic E-state index is 13.1. The Morgan fingerprint density at radius 2 is 1.71 bits per heavy atom. The third-order valence-electron chi connectivity index (χ3n) is 4.09. The molecule has 3 rings (SSSR count). The van der Waals surface area contributed by atoms with Crippen molar-refractivity contribution in [3.8, 4) is 0 Å². The number of carbonyl (C=O) groups is 2. The van der Waals surface area contributed by atoms with E-state index in [1.54, 1.807) is 31.2 Å². The summed E-state index contributed by atoms with van der Waals surface area (Å²) < 4.78 is 13.1. The summed E-state index contributed by atoms with van der Waals surface area (Å²) in [5, 5.41) is 10.3. The number of imide groups is 1. The zero-order chi connectivity index (χ0) is 17.3. The predicted octanol–water partition coefficient (Wildman–Crippen LogP) is 2.72. The molecule has 0 aliphatic carbocycles. The highest BCUT2D eigenvalue weighted by atomic mass is 19.1. The van der Waals surface area contributed by atoms with Crippen LogP contribution in [0, 0.1) is 5.82 Å². The number of aliphatic hydroxyl groups excluding tert-OH is 1. The lowest BCUT2D eigenvalue weighted by molar-refractivity contribution is -0.127. The first-order chi connectivity index (χ1) is 11.5. The monoisotopic (exact) mass is 328 g/mol. The number of urea groups is 1. The van der Waals surface area contributed by atoms with Crippen LogP contribution in [-0.4, -0.2) is 34.5 Å². The van der Waals surface area contributed by atoms with Crippen LogP contribution in [0.4, 0.5) is 14.9 Å². The highest BCUT2D eigenvalue weighted by Crippen LogP contribution is 2.27. The first-order valence-electron chi connectivity index (χ1n) is 7.62. The van der Waals surface area contributed by atoms with Crippen LogP contribution in [0.25, 0.3) is 0 Å². The summed E-state index contributed by atoms with van der Waals surface area (Å²) in [5.74, 6) is -0.806. The van der Waals surface area contributed by atoms with Crippen molar-refractivity contribution in [3.63, 3.8) is 0 Å². The number of nitrogens with zero attached hydrogens (tertiary/aromatic N) is 2. The molecule has 2 atom stereocenters. The molecule has 0 radical (unpaired) electrons. The van der Waals surface area contributed by atoms with Crippen molar-refractivity contribution in [2.75, 3.05) is 11.4 Å². The quantitative estimate of drug-likeness (QED) is 0.878. The molecule has 6 heteroatoms. The minimum atomic E-state index is -0.959. The molecular weight excluding hydrogens is 311 g/mol. The Morgan fingerprint density at radius 1 is 1.08 bits per heavy atom. The van der Waals surface area contributed by atoms with E-state index < -0.39 is 24.0 Å². The summed E-state index contributed by atoms with van der Waals surface area (Å²) in [4.78, 5) is 27.4. The molecule has 0 saturated carbocycles. The summed E-state index contributed by atoms with van der Waals surface area (Å²) in [6.07, 6.45) is -0.959. The van der Waals surface area contributed by atoms with E-state index in [0.29, 0.717) is 11.3 Å². The summed E-state index contributed by atoms with van der Waals surface area (Å²) in [5.41, 5.74) is 1.07. The average molecular weight is 328 g/mol. The molecule has 1 aliphatic rings. The van der Waals surface area contributed by atoms with Crippen molar-refractivity contribution >= 4 is 17.6 Å². The predicted molar refractivity (Wildman–Crippen MR) is 86.9 cm³/mol. The largest absolute Gasteiger partial charge is 0.387 e. The number of benzene rings is 2. The number of carbonyl (C=O) groups excluding carboxylic acids is 2. The molecule has 2 aromatic rings. The number of rotatable bonds is 4. The molecule has 0 bridgehead atoms. The molecule has 0 aromatic heterocycles. The molecule has 124 valence electrons. The molecule has 1 aliphatic heterocycles. The SMILES string of the molecule is C[C@@H]1C(=O)N(C[C@H](O)c2ccccc2)C(=O)N1c1ccc(F)cc1. The van der Waals surface area contributed by atoms with E-state index in [4.69, 9.17) is 0 Å². The van der Waals surface area contributed by atoms with Crippen LogP contribution in [0.3, 0.4) is 0 Å². The Balaban J connectivity index is 1.81. The second kappa shape index (κ2) is 6.41. The smallest absolute Gasteiger partial charge is 0.332 e. The Hall–Kier alpha value is -2.73. The Bertz CT molecular complexity index is 749. The van der Waals surface area contributed by atoms with Gasteiger partial charge in [-0.25, -0.2) is 9.18 Å². The van der Waals surface area contributed by atoms with E-state index in [1.807, 2.05) is 6.07 Å². The van der Waals surface area contributed by atoms with Gasteiger partial charge in [-0.2, -0.15) is 0 Å². The van der Waals surface area contributed by atoms with E-state index in [2.05, 4.69) is 0 Å². The standard InChI is InChI=1S/C18H17FN2O3/c1-12-17(23)20(11-16(22)13-5-3-2-4-6-13)18(24)21(12)15-9-7-14(19)8-10-15/h2-10,12,16,22H,11H2,1H3/t12-,16+/m1/s1. The summed E-state index contributed by atoms with van der Waals surface area (Å²) in [6, 6.07) is 13.0. The number of halogens is 1. The highest BCUT2D eigenvalue weighted by molar-refractivity contribution is 6.14. The Kier molecular flexibility index (Phi) is 4.31. The summed E-state index contributed by atoms with van der Waals surface area (Å²) >= 11 is 0. The van der Waals surface area contributed by atoms with E-state index in [1.165, 1.54) is 29.2 Å². The van der Waals surface area contributed by atoms with Gasteiger partial charge in [0, 0.05) is 5.69 Å². The van der Waals surface area contributed by atoms with Crippen LogP contribution < -0.4 is 4.90 Å². The second-order valence-corrected chi connectivity index (χ2v) is 5.68. The fraction of sp³-hybridized carbons (Fsp3) is 0.222. The molecule has 0 spiro atoms.